The SMILES string of the molecule is C[C@H](C(=O)N[C@H]1c2ccccc2CC[C@H]1CO)N(C)CC(F)(F)F. The highest BCUT2D eigenvalue weighted by Crippen LogP contribution is 2.34. The molecule has 0 radical (unpaired) electrons. The van der Waals surface area contributed by atoms with Gasteiger partial charge in [0.25, 0.3) is 0 Å². The summed E-state index contributed by atoms with van der Waals surface area (Å²) in [5.74, 6) is -0.606. The molecule has 134 valence electrons. The van der Waals surface area contributed by atoms with Crippen LogP contribution in [0.1, 0.15) is 30.5 Å². The molecule has 0 aromatic heterocycles. The average molecular weight is 344 g/mol. The minimum atomic E-state index is -4.35. The molecule has 3 atom stereocenters. The third-order valence-corrected chi connectivity index (χ3v) is 4.65. The van der Waals surface area contributed by atoms with E-state index in [4.69, 9.17) is 0 Å². The number of benzene rings is 1. The topological polar surface area (TPSA) is 52.6 Å². The standard InChI is InChI=1S/C17H23F3N2O2/c1-11(22(2)10-17(18,19)20)16(24)21-15-13(9-23)8-7-12-5-3-4-6-14(12)15/h3-6,11,13,15,23H,7-10H2,1-2H3,(H,21,24)/t11-,13+,15-/m1/s1. The molecule has 7 heteroatoms. The fourth-order valence-corrected chi connectivity index (χ4v) is 3.11. The van der Waals surface area contributed by atoms with Crippen LogP contribution in [0.4, 0.5) is 13.2 Å². The summed E-state index contributed by atoms with van der Waals surface area (Å²) in [6.45, 7) is 0.224. The fourth-order valence-electron chi connectivity index (χ4n) is 3.11. The first kappa shape index (κ1) is 18.7. The van der Waals surface area contributed by atoms with Crippen molar-refractivity contribution >= 4 is 5.91 Å². The molecule has 0 saturated carbocycles. The van der Waals surface area contributed by atoms with Gasteiger partial charge >= 0.3 is 6.18 Å². The number of halogens is 3. The predicted molar refractivity (Wildman–Crippen MR) is 84.4 cm³/mol. The molecule has 0 heterocycles. The molecule has 1 amide bonds. The van der Waals surface area contributed by atoms with E-state index < -0.39 is 24.7 Å². The molecule has 24 heavy (non-hydrogen) atoms. The van der Waals surface area contributed by atoms with E-state index in [1.54, 1.807) is 0 Å². The van der Waals surface area contributed by atoms with Crippen molar-refractivity contribution in [2.75, 3.05) is 20.2 Å². The summed E-state index contributed by atoms with van der Waals surface area (Å²) in [7, 11) is 1.27. The average Bonchev–Trinajstić information content (AvgIpc) is 2.52. The van der Waals surface area contributed by atoms with Crippen molar-refractivity contribution in [1.82, 2.24) is 10.2 Å². The van der Waals surface area contributed by atoms with Gasteiger partial charge < -0.3 is 10.4 Å². The van der Waals surface area contributed by atoms with E-state index in [-0.39, 0.29) is 18.6 Å². The molecule has 0 spiro atoms. The normalized spacial score (nSPS) is 22.1. The zero-order valence-electron chi connectivity index (χ0n) is 13.8. The lowest BCUT2D eigenvalue weighted by atomic mass is 9.80. The third kappa shape index (κ3) is 4.48. The zero-order chi connectivity index (χ0) is 17.9. The van der Waals surface area contributed by atoms with Gasteiger partial charge in [-0.05, 0) is 37.9 Å². The summed E-state index contributed by atoms with van der Waals surface area (Å²) in [6, 6.07) is 6.34. The van der Waals surface area contributed by atoms with Crippen LogP contribution in [-0.4, -0.2) is 48.3 Å². The van der Waals surface area contributed by atoms with E-state index in [0.717, 1.165) is 28.9 Å². The summed E-state index contributed by atoms with van der Waals surface area (Å²) in [6.07, 6.45) is -2.81. The molecule has 2 rings (SSSR count). The van der Waals surface area contributed by atoms with Crippen molar-refractivity contribution in [2.24, 2.45) is 5.92 Å². The lowest BCUT2D eigenvalue weighted by molar-refractivity contribution is -0.151. The number of hydrogen-bond acceptors (Lipinski definition) is 3. The minimum Gasteiger partial charge on any atom is -0.396 e. The van der Waals surface area contributed by atoms with Crippen molar-refractivity contribution in [3.05, 3.63) is 35.4 Å². The van der Waals surface area contributed by atoms with E-state index in [1.165, 1.54) is 14.0 Å². The Kier molecular flexibility index (Phi) is 5.87. The number of alkyl halides is 3. The predicted octanol–water partition coefficient (Wildman–Crippen LogP) is 2.28. The second-order valence-electron chi connectivity index (χ2n) is 6.37. The zero-order valence-corrected chi connectivity index (χ0v) is 13.8. The first-order valence-corrected chi connectivity index (χ1v) is 7.99. The Bertz CT molecular complexity index is 577. The highest BCUT2D eigenvalue weighted by atomic mass is 19.4. The number of aryl methyl sites for hydroxylation is 1. The molecule has 1 aromatic carbocycles. The molecular formula is C17H23F3N2O2. The Morgan fingerprint density at radius 1 is 1.42 bits per heavy atom. The molecule has 0 unspecified atom stereocenters. The van der Waals surface area contributed by atoms with Crippen molar-refractivity contribution in [3.8, 4) is 0 Å². The fraction of sp³-hybridized carbons (Fsp3) is 0.588. The maximum Gasteiger partial charge on any atom is 0.401 e. The summed E-state index contributed by atoms with van der Waals surface area (Å²) >= 11 is 0. The molecule has 0 bridgehead atoms. The van der Waals surface area contributed by atoms with Gasteiger partial charge in [-0.15, -0.1) is 0 Å². The molecule has 2 N–H and O–H groups in total. The van der Waals surface area contributed by atoms with Crippen LogP contribution in [0.25, 0.3) is 0 Å². The van der Waals surface area contributed by atoms with Crippen LogP contribution in [0.15, 0.2) is 24.3 Å². The number of amides is 1. The number of fused-ring (bicyclic) bond motifs is 1. The molecule has 1 aliphatic carbocycles. The van der Waals surface area contributed by atoms with Crippen molar-refractivity contribution in [1.29, 1.82) is 0 Å². The van der Waals surface area contributed by atoms with Gasteiger partial charge in [-0.1, -0.05) is 24.3 Å². The Morgan fingerprint density at radius 2 is 2.08 bits per heavy atom. The van der Waals surface area contributed by atoms with Crippen LogP contribution < -0.4 is 5.32 Å². The summed E-state index contributed by atoms with van der Waals surface area (Å²) in [4.78, 5) is 13.4. The van der Waals surface area contributed by atoms with E-state index in [1.807, 2.05) is 24.3 Å². The summed E-state index contributed by atoms with van der Waals surface area (Å²) in [5.41, 5.74) is 2.03. The maximum atomic E-state index is 12.5. The van der Waals surface area contributed by atoms with Crippen LogP contribution in [0.5, 0.6) is 0 Å². The number of aliphatic hydroxyl groups is 1. The van der Waals surface area contributed by atoms with Gasteiger partial charge in [-0.2, -0.15) is 13.2 Å². The first-order valence-electron chi connectivity index (χ1n) is 7.99. The molecule has 1 aliphatic rings. The smallest absolute Gasteiger partial charge is 0.396 e. The van der Waals surface area contributed by atoms with Crippen LogP contribution >= 0.6 is 0 Å². The van der Waals surface area contributed by atoms with Gasteiger partial charge in [0, 0.05) is 12.5 Å². The number of carbonyl (C=O) groups excluding carboxylic acids is 1. The number of rotatable bonds is 5. The Balaban J connectivity index is 2.11. The van der Waals surface area contributed by atoms with Gasteiger partial charge in [0.05, 0.1) is 18.6 Å². The maximum absolute atomic E-state index is 12.5. The molecule has 0 fully saturated rings. The number of nitrogens with one attached hydrogen (secondary N) is 1. The van der Waals surface area contributed by atoms with Gasteiger partial charge in [0.2, 0.25) is 5.91 Å². The highest BCUT2D eigenvalue weighted by molar-refractivity contribution is 5.81. The Labute approximate surface area is 139 Å². The molecule has 0 saturated heterocycles. The van der Waals surface area contributed by atoms with Crippen LogP contribution in [0.3, 0.4) is 0 Å². The van der Waals surface area contributed by atoms with E-state index in [9.17, 15) is 23.1 Å². The van der Waals surface area contributed by atoms with Crippen molar-refractivity contribution in [3.63, 3.8) is 0 Å². The third-order valence-electron chi connectivity index (χ3n) is 4.65. The lowest BCUT2D eigenvalue weighted by Crippen LogP contribution is -2.49. The van der Waals surface area contributed by atoms with E-state index in [0.29, 0.717) is 0 Å². The molecule has 1 aromatic rings. The van der Waals surface area contributed by atoms with Crippen LogP contribution in [0, 0.1) is 5.92 Å². The van der Waals surface area contributed by atoms with Gasteiger partial charge in [-0.3, -0.25) is 9.69 Å². The van der Waals surface area contributed by atoms with Gasteiger partial charge in [0.15, 0.2) is 0 Å². The Morgan fingerprint density at radius 3 is 2.71 bits per heavy atom. The summed E-state index contributed by atoms with van der Waals surface area (Å²) < 4.78 is 37.5. The monoisotopic (exact) mass is 344 g/mol. The van der Waals surface area contributed by atoms with Crippen LogP contribution in [0.2, 0.25) is 0 Å². The molecule has 0 aliphatic heterocycles. The second-order valence-corrected chi connectivity index (χ2v) is 6.37. The Hall–Kier alpha value is -1.60. The second kappa shape index (κ2) is 7.53. The summed E-state index contributed by atoms with van der Waals surface area (Å²) in [5, 5.41) is 12.4. The van der Waals surface area contributed by atoms with Crippen molar-refractivity contribution in [2.45, 2.75) is 38.0 Å². The van der Waals surface area contributed by atoms with Gasteiger partial charge in [-0.25, -0.2) is 0 Å². The number of aliphatic hydroxyl groups excluding tert-OH is 1. The highest BCUT2D eigenvalue weighted by Gasteiger charge is 2.35. The van der Waals surface area contributed by atoms with E-state index >= 15 is 0 Å². The largest absolute Gasteiger partial charge is 0.401 e. The number of carbonyl (C=O) groups is 1. The van der Waals surface area contributed by atoms with E-state index in [2.05, 4.69) is 5.32 Å². The first-order chi connectivity index (χ1) is 11.2. The quantitative estimate of drug-likeness (QED) is 0.862. The minimum absolute atomic E-state index is 0.0773. The molecular weight excluding hydrogens is 321 g/mol. The van der Waals surface area contributed by atoms with Crippen molar-refractivity contribution < 1.29 is 23.1 Å². The number of nitrogens with zero attached hydrogens (tertiary/aromatic N) is 1. The molecule has 4 nitrogen and oxygen atoms in total. The number of likely N-dealkylation sites (N-methyl/N-ethyl adjacent to an activating group) is 1. The van der Waals surface area contributed by atoms with Crippen LogP contribution in [-0.2, 0) is 11.2 Å². The lowest BCUT2D eigenvalue weighted by Gasteiger charge is -2.35. The number of hydrogen-bond donors (Lipinski definition) is 2. The van der Waals surface area contributed by atoms with Gasteiger partial charge in [0.1, 0.15) is 0 Å².